The molecule has 0 aliphatic carbocycles. The molecule has 0 aliphatic rings. The first kappa shape index (κ1) is 20.2. The number of aryl methyl sites for hydroxylation is 2. The molecule has 0 aliphatic heterocycles. The van der Waals surface area contributed by atoms with Crippen LogP contribution < -0.4 is 0 Å². The number of hydrogen-bond donors (Lipinski definition) is 0. The van der Waals surface area contributed by atoms with Gasteiger partial charge in [-0.15, -0.1) is 0 Å². The zero-order valence-electron chi connectivity index (χ0n) is 17.3. The molecule has 0 N–H and O–H groups in total. The lowest BCUT2D eigenvalue weighted by Crippen LogP contribution is -1.94. The molecule has 1 heterocycles. The number of allylic oxidation sites excluding steroid dienone is 5. The topological polar surface area (TPSA) is 25.2 Å². The van der Waals surface area contributed by atoms with Crippen molar-refractivity contribution in [3.63, 3.8) is 0 Å². The third-order valence-electron chi connectivity index (χ3n) is 4.72. The third-order valence-corrected chi connectivity index (χ3v) is 4.72. The molecule has 2 nitrogen and oxygen atoms in total. The van der Waals surface area contributed by atoms with E-state index in [-0.39, 0.29) is 0 Å². The fourth-order valence-electron chi connectivity index (χ4n) is 3.28. The molecule has 29 heavy (non-hydrogen) atoms. The SMILES string of the molecule is C=C/C=C(\C=C)c1cc(C)nc2c(N=C(C)/C=C/c3ccccc3)c(C)ccc12. The van der Waals surface area contributed by atoms with Gasteiger partial charge in [0.25, 0.3) is 0 Å². The van der Waals surface area contributed by atoms with Crippen molar-refractivity contribution < 1.29 is 0 Å². The Morgan fingerprint density at radius 3 is 2.48 bits per heavy atom. The molecule has 144 valence electrons. The summed E-state index contributed by atoms with van der Waals surface area (Å²) in [5.74, 6) is 0. The average Bonchev–Trinajstić information content (AvgIpc) is 2.73. The van der Waals surface area contributed by atoms with E-state index in [4.69, 9.17) is 9.98 Å². The van der Waals surface area contributed by atoms with Gasteiger partial charge < -0.3 is 0 Å². The van der Waals surface area contributed by atoms with Crippen LogP contribution in [0.5, 0.6) is 0 Å². The van der Waals surface area contributed by atoms with E-state index in [9.17, 15) is 0 Å². The molecular formula is C27H26N2. The molecule has 0 radical (unpaired) electrons. The van der Waals surface area contributed by atoms with Gasteiger partial charge in [-0.25, -0.2) is 0 Å². The first-order chi connectivity index (χ1) is 14.0. The van der Waals surface area contributed by atoms with Crippen molar-refractivity contribution in [2.24, 2.45) is 4.99 Å². The largest absolute Gasteiger partial charge is 0.251 e. The Hall–Kier alpha value is -3.52. The molecule has 0 saturated carbocycles. The van der Waals surface area contributed by atoms with Crippen LogP contribution in [-0.4, -0.2) is 10.7 Å². The van der Waals surface area contributed by atoms with Gasteiger partial charge in [-0.2, -0.15) is 0 Å². The lowest BCUT2D eigenvalue weighted by atomic mass is 9.97. The van der Waals surface area contributed by atoms with E-state index < -0.39 is 0 Å². The minimum atomic E-state index is 0.907. The number of hydrogen-bond acceptors (Lipinski definition) is 2. The summed E-state index contributed by atoms with van der Waals surface area (Å²) in [7, 11) is 0. The van der Waals surface area contributed by atoms with Crippen LogP contribution in [0.3, 0.4) is 0 Å². The van der Waals surface area contributed by atoms with Gasteiger partial charge in [0.2, 0.25) is 0 Å². The molecule has 0 saturated heterocycles. The summed E-state index contributed by atoms with van der Waals surface area (Å²) >= 11 is 0. The van der Waals surface area contributed by atoms with E-state index in [1.54, 1.807) is 6.08 Å². The van der Waals surface area contributed by atoms with Crippen molar-refractivity contribution in [3.8, 4) is 0 Å². The van der Waals surface area contributed by atoms with Crippen LogP contribution in [0.2, 0.25) is 0 Å². The zero-order chi connectivity index (χ0) is 20.8. The monoisotopic (exact) mass is 378 g/mol. The van der Waals surface area contributed by atoms with Gasteiger partial charge in [0.05, 0.1) is 11.2 Å². The van der Waals surface area contributed by atoms with Gasteiger partial charge in [-0.1, -0.05) is 79.9 Å². The van der Waals surface area contributed by atoms with Crippen LogP contribution >= 0.6 is 0 Å². The Morgan fingerprint density at radius 1 is 1.03 bits per heavy atom. The molecule has 1 aromatic heterocycles. The Labute approximate surface area is 173 Å². The van der Waals surface area contributed by atoms with Crippen molar-refractivity contribution in [1.82, 2.24) is 4.98 Å². The number of fused-ring (bicyclic) bond motifs is 1. The Balaban J connectivity index is 2.15. The second-order valence-electron chi connectivity index (χ2n) is 7.00. The predicted molar refractivity (Wildman–Crippen MR) is 128 cm³/mol. The summed E-state index contributed by atoms with van der Waals surface area (Å²) in [5, 5.41) is 1.06. The van der Waals surface area contributed by atoms with Crippen LogP contribution in [0.1, 0.15) is 29.3 Å². The van der Waals surface area contributed by atoms with Crippen molar-refractivity contribution in [2.45, 2.75) is 20.8 Å². The first-order valence-corrected chi connectivity index (χ1v) is 9.68. The fraction of sp³-hybridized carbons (Fsp3) is 0.111. The summed E-state index contributed by atoms with van der Waals surface area (Å²) < 4.78 is 0. The van der Waals surface area contributed by atoms with E-state index in [0.29, 0.717) is 0 Å². The number of benzene rings is 2. The van der Waals surface area contributed by atoms with Gasteiger partial charge >= 0.3 is 0 Å². The molecule has 0 unspecified atom stereocenters. The van der Waals surface area contributed by atoms with Crippen molar-refractivity contribution in [1.29, 1.82) is 0 Å². The summed E-state index contributed by atoms with van der Waals surface area (Å²) in [4.78, 5) is 9.74. The second kappa shape index (κ2) is 9.11. The second-order valence-corrected chi connectivity index (χ2v) is 7.00. The molecule has 0 atom stereocenters. The number of rotatable bonds is 6. The maximum Gasteiger partial charge on any atom is 0.0970 e. The quantitative estimate of drug-likeness (QED) is 0.324. The fourth-order valence-corrected chi connectivity index (χ4v) is 3.28. The van der Waals surface area contributed by atoms with Crippen LogP contribution in [-0.2, 0) is 0 Å². The average molecular weight is 379 g/mol. The van der Waals surface area contributed by atoms with Gasteiger partial charge in [0.1, 0.15) is 0 Å². The van der Waals surface area contributed by atoms with Gasteiger partial charge in [0.15, 0.2) is 0 Å². The van der Waals surface area contributed by atoms with Gasteiger partial charge in [-0.05, 0) is 55.2 Å². The summed E-state index contributed by atoms with van der Waals surface area (Å²) in [6.45, 7) is 13.9. The Morgan fingerprint density at radius 2 is 1.79 bits per heavy atom. The molecule has 2 aromatic carbocycles. The van der Waals surface area contributed by atoms with Crippen molar-refractivity contribution >= 4 is 34.0 Å². The van der Waals surface area contributed by atoms with Crippen LogP contribution in [0.4, 0.5) is 5.69 Å². The summed E-state index contributed by atoms with van der Waals surface area (Å²) in [6, 6.07) is 16.5. The van der Waals surface area contributed by atoms with Gasteiger partial charge in [0, 0.05) is 16.8 Å². The van der Waals surface area contributed by atoms with E-state index >= 15 is 0 Å². The predicted octanol–water partition coefficient (Wildman–Crippen LogP) is 7.41. The van der Waals surface area contributed by atoms with Gasteiger partial charge in [-0.3, -0.25) is 9.98 Å². The van der Waals surface area contributed by atoms with E-state index in [1.807, 2.05) is 50.3 Å². The van der Waals surface area contributed by atoms with E-state index in [0.717, 1.165) is 50.3 Å². The van der Waals surface area contributed by atoms with Crippen molar-refractivity contribution in [2.75, 3.05) is 0 Å². The van der Waals surface area contributed by atoms with Crippen LogP contribution in [0, 0.1) is 13.8 Å². The molecule has 0 spiro atoms. The molecule has 0 fully saturated rings. The molecule has 0 amide bonds. The molecule has 0 bridgehead atoms. The van der Waals surface area contributed by atoms with Crippen molar-refractivity contribution in [3.05, 3.63) is 108 Å². The Bertz CT molecular complexity index is 1150. The highest BCUT2D eigenvalue weighted by Gasteiger charge is 2.12. The normalized spacial score (nSPS) is 12.5. The number of pyridine rings is 1. The molecular weight excluding hydrogens is 352 g/mol. The highest BCUT2D eigenvalue weighted by atomic mass is 14.8. The highest BCUT2D eigenvalue weighted by molar-refractivity contribution is 6.04. The first-order valence-electron chi connectivity index (χ1n) is 9.68. The standard InChI is InChI=1S/C27H26N2/c1-6-11-23(7-2)25-18-21(5)29-27-24(25)17-14-19(3)26(27)28-20(4)15-16-22-12-9-8-10-13-22/h6-18H,1-2H2,3-5H3/b16-15+,23-11+,28-20?. The van der Waals surface area contributed by atoms with E-state index in [1.165, 1.54) is 0 Å². The highest BCUT2D eigenvalue weighted by Crippen LogP contribution is 2.34. The molecule has 2 heteroatoms. The number of nitrogens with zero attached hydrogens (tertiary/aromatic N) is 2. The molecule has 3 aromatic rings. The lowest BCUT2D eigenvalue weighted by molar-refractivity contribution is 1.24. The maximum atomic E-state index is 4.92. The minimum absolute atomic E-state index is 0.907. The number of aromatic nitrogens is 1. The summed E-state index contributed by atoms with van der Waals surface area (Å²) in [5.41, 5.74) is 8.06. The third kappa shape index (κ3) is 4.67. The Kier molecular flexibility index (Phi) is 6.36. The van der Waals surface area contributed by atoms with Crippen LogP contribution in [0.15, 0.2) is 91.0 Å². The summed E-state index contributed by atoms with van der Waals surface area (Å²) in [6.07, 6.45) is 9.72. The zero-order valence-corrected chi connectivity index (χ0v) is 17.3. The lowest BCUT2D eigenvalue weighted by Gasteiger charge is -2.12. The van der Waals surface area contributed by atoms with Crippen LogP contribution in [0.25, 0.3) is 22.6 Å². The number of aliphatic imine (C=N–C) groups is 1. The maximum absolute atomic E-state index is 4.92. The minimum Gasteiger partial charge on any atom is -0.251 e. The van der Waals surface area contributed by atoms with E-state index in [2.05, 4.69) is 56.5 Å². The smallest absolute Gasteiger partial charge is 0.0970 e. The molecule has 3 rings (SSSR count).